The van der Waals surface area contributed by atoms with E-state index in [1.807, 2.05) is 72.2 Å². The van der Waals surface area contributed by atoms with E-state index in [0.29, 0.717) is 16.0 Å². The number of thioether (sulfide) groups is 1. The number of halogens is 1. The zero-order valence-electron chi connectivity index (χ0n) is 18.7. The highest BCUT2D eigenvalue weighted by molar-refractivity contribution is 7.99. The molecular formula is C25H23ClN4O3S. The largest absolute Gasteiger partial charge is 0.497 e. The van der Waals surface area contributed by atoms with Crippen molar-refractivity contribution in [2.45, 2.75) is 18.7 Å². The third-order valence-corrected chi connectivity index (χ3v) is 6.10. The predicted octanol–water partition coefficient (Wildman–Crippen LogP) is 5.55. The van der Waals surface area contributed by atoms with E-state index in [2.05, 4.69) is 15.5 Å². The quantitative estimate of drug-likeness (QED) is 0.307. The Morgan fingerprint density at radius 3 is 2.50 bits per heavy atom. The second-order valence-electron chi connectivity index (χ2n) is 7.33. The topological polar surface area (TPSA) is 78.3 Å². The maximum Gasteiger partial charge on any atom is 0.234 e. The second-order valence-corrected chi connectivity index (χ2v) is 8.71. The highest BCUT2D eigenvalue weighted by atomic mass is 35.5. The van der Waals surface area contributed by atoms with Gasteiger partial charge in [-0.25, -0.2) is 0 Å². The molecule has 1 heterocycles. The first-order valence-corrected chi connectivity index (χ1v) is 11.8. The number of hydrogen-bond acceptors (Lipinski definition) is 6. The molecule has 7 nitrogen and oxygen atoms in total. The Morgan fingerprint density at radius 1 is 1.03 bits per heavy atom. The first-order valence-electron chi connectivity index (χ1n) is 10.5. The van der Waals surface area contributed by atoms with Crippen molar-refractivity contribution in [3.05, 3.63) is 89.2 Å². The van der Waals surface area contributed by atoms with E-state index < -0.39 is 0 Å². The molecule has 1 N–H and O–H groups in total. The molecule has 0 bridgehead atoms. The van der Waals surface area contributed by atoms with Crippen LogP contribution >= 0.6 is 23.4 Å². The maximum absolute atomic E-state index is 12.6. The number of anilines is 1. The molecule has 9 heteroatoms. The summed E-state index contributed by atoms with van der Waals surface area (Å²) in [4.78, 5) is 12.6. The van der Waals surface area contributed by atoms with Crippen LogP contribution in [0.15, 0.2) is 78.0 Å². The average molecular weight is 495 g/mol. The molecule has 0 saturated carbocycles. The number of amides is 1. The van der Waals surface area contributed by atoms with E-state index in [0.717, 1.165) is 28.4 Å². The summed E-state index contributed by atoms with van der Waals surface area (Å²) in [5.41, 5.74) is 2.46. The average Bonchev–Trinajstić information content (AvgIpc) is 3.26. The molecule has 174 valence electrons. The van der Waals surface area contributed by atoms with Crippen molar-refractivity contribution in [2.75, 3.05) is 18.2 Å². The van der Waals surface area contributed by atoms with E-state index in [1.165, 1.54) is 11.8 Å². The van der Waals surface area contributed by atoms with Crippen LogP contribution in [0.1, 0.15) is 11.4 Å². The Kier molecular flexibility index (Phi) is 7.72. The first kappa shape index (κ1) is 23.7. The molecule has 0 spiro atoms. The van der Waals surface area contributed by atoms with Gasteiger partial charge in [-0.15, -0.1) is 10.2 Å². The van der Waals surface area contributed by atoms with Gasteiger partial charge in [-0.05, 0) is 67.1 Å². The van der Waals surface area contributed by atoms with Gasteiger partial charge < -0.3 is 14.8 Å². The lowest BCUT2D eigenvalue weighted by Gasteiger charge is -2.12. The SMILES string of the molecule is COc1ccc(-n2c(COc3ccccc3)nnc2SCC(=O)Nc2ccc(Cl)cc2C)cc1. The number of aromatic nitrogens is 3. The molecule has 4 rings (SSSR count). The molecule has 3 aromatic carbocycles. The molecule has 34 heavy (non-hydrogen) atoms. The van der Waals surface area contributed by atoms with E-state index >= 15 is 0 Å². The summed E-state index contributed by atoms with van der Waals surface area (Å²) in [6, 6.07) is 22.4. The van der Waals surface area contributed by atoms with Crippen LogP contribution in [-0.4, -0.2) is 33.5 Å². The number of methoxy groups -OCH3 is 1. The van der Waals surface area contributed by atoms with Crippen LogP contribution in [0, 0.1) is 6.92 Å². The smallest absolute Gasteiger partial charge is 0.234 e. The molecule has 4 aromatic rings. The van der Waals surface area contributed by atoms with E-state index in [1.54, 1.807) is 19.2 Å². The summed E-state index contributed by atoms with van der Waals surface area (Å²) in [6.45, 7) is 2.12. The zero-order chi connectivity index (χ0) is 23.9. The fraction of sp³-hybridized carbons (Fsp3) is 0.160. The third-order valence-electron chi connectivity index (χ3n) is 4.94. The summed E-state index contributed by atoms with van der Waals surface area (Å²) < 4.78 is 13.0. The summed E-state index contributed by atoms with van der Waals surface area (Å²) >= 11 is 7.30. The van der Waals surface area contributed by atoms with Gasteiger partial charge in [0.1, 0.15) is 18.1 Å². The van der Waals surface area contributed by atoms with Gasteiger partial charge in [-0.2, -0.15) is 0 Å². The molecule has 0 unspecified atom stereocenters. The number of carbonyl (C=O) groups is 1. The Morgan fingerprint density at radius 2 is 1.79 bits per heavy atom. The predicted molar refractivity (Wildman–Crippen MR) is 134 cm³/mol. The normalized spacial score (nSPS) is 10.7. The van der Waals surface area contributed by atoms with Crippen LogP contribution in [0.25, 0.3) is 5.69 Å². The molecule has 0 atom stereocenters. The number of benzene rings is 3. The summed E-state index contributed by atoms with van der Waals surface area (Å²) in [7, 11) is 1.62. The molecule has 1 aromatic heterocycles. The van der Waals surface area contributed by atoms with Gasteiger partial charge in [0.15, 0.2) is 11.0 Å². The van der Waals surface area contributed by atoms with Crippen LogP contribution in [0.2, 0.25) is 5.02 Å². The molecule has 0 aliphatic rings. The van der Waals surface area contributed by atoms with Gasteiger partial charge in [0, 0.05) is 16.4 Å². The minimum atomic E-state index is -0.151. The molecule has 0 aliphatic carbocycles. The van der Waals surface area contributed by atoms with Crippen molar-refractivity contribution < 1.29 is 14.3 Å². The van der Waals surface area contributed by atoms with Crippen molar-refractivity contribution in [3.63, 3.8) is 0 Å². The molecule has 0 fully saturated rings. The standard InChI is InChI=1S/C25H23ClN4O3S/c1-17-14-18(26)8-13-22(17)27-24(31)16-34-25-29-28-23(15-33-21-6-4-3-5-7-21)30(25)19-9-11-20(32-2)12-10-19/h3-14H,15-16H2,1-2H3,(H,27,31). The highest BCUT2D eigenvalue weighted by Crippen LogP contribution is 2.25. The highest BCUT2D eigenvalue weighted by Gasteiger charge is 2.17. The van der Waals surface area contributed by atoms with Crippen molar-refractivity contribution in [2.24, 2.45) is 0 Å². The number of nitrogens with zero attached hydrogens (tertiary/aromatic N) is 3. The number of ether oxygens (including phenoxy) is 2. The number of nitrogens with one attached hydrogen (secondary N) is 1. The Bertz CT molecular complexity index is 1260. The molecule has 1 amide bonds. The maximum atomic E-state index is 12.6. The van der Waals surface area contributed by atoms with Crippen LogP contribution in [0.3, 0.4) is 0 Å². The van der Waals surface area contributed by atoms with Crippen molar-refractivity contribution >= 4 is 35.0 Å². The van der Waals surface area contributed by atoms with Crippen LogP contribution in [-0.2, 0) is 11.4 Å². The lowest BCUT2D eigenvalue weighted by atomic mass is 10.2. The summed E-state index contributed by atoms with van der Waals surface area (Å²) in [5, 5.41) is 12.8. The van der Waals surface area contributed by atoms with Gasteiger partial charge >= 0.3 is 0 Å². The lowest BCUT2D eigenvalue weighted by molar-refractivity contribution is -0.113. The first-order chi connectivity index (χ1) is 16.5. The van der Waals surface area contributed by atoms with Gasteiger partial charge in [-0.1, -0.05) is 41.6 Å². The van der Waals surface area contributed by atoms with Crippen molar-refractivity contribution in [3.8, 4) is 17.2 Å². The van der Waals surface area contributed by atoms with Crippen LogP contribution in [0.4, 0.5) is 5.69 Å². The van der Waals surface area contributed by atoms with Gasteiger partial charge in [0.05, 0.1) is 12.9 Å². The third kappa shape index (κ3) is 5.89. The van der Waals surface area contributed by atoms with E-state index in [-0.39, 0.29) is 18.3 Å². The lowest BCUT2D eigenvalue weighted by Crippen LogP contribution is -2.15. The Balaban J connectivity index is 1.52. The summed E-state index contributed by atoms with van der Waals surface area (Å²) in [5.74, 6) is 2.10. The second kappa shape index (κ2) is 11.1. The fourth-order valence-electron chi connectivity index (χ4n) is 3.23. The van der Waals surface area contributed by atoms with E-state index in [4.69, 9.17) is 21.1 Å². The van der Waals surface area contributed by atoms with Crippen molar-refractivity contribution in [1.82, 2.24) is 14.8 Å². The Hall–Kier alpha value is -3.49. The number of aryl methyl sites for hydroxylation is 1. The monoisotopic (exact) mass is 494 g/mol. The Labute approximate surface area is 207 Å². The van der Waals surface area contributed by atoms with Gasteiger partial charge in [-0.3, -0.25) is 9.36 Å². The minimum Gasteiger partial charge on any atom is -0.497 e. The zero-order valence-corrected chi connectivity index (χ0v) is 20.3. The molecule has 0 aliphatic heterocycles. The molecule has 0 radical (unpaired) electrons. The van der Waals surface area contributed by atoms with Crippen LogP contribution < -0.4 is 14.8 Å². The number of hydrogen-bond donors (Lipinski definition) is 1. The number of para-hydroxylation sites is 1. The van der Waals surface area contributed by atoms with Gasteiger partial charge in [0.2, 0.25) is 5.91 Å². The summed E-state index contributed by atoms with van der Waals surface area (Å²) in [6.07, 6.45) is 0. The fourth-order valence-corrected chi connectivity index (χ4v) is 4.22. The molecular weight excluding hydrogens is 472 g/mol. The molecule has 0 saturated heterocycles. The van der Waals surface area contributed by atoms with Gasteiger partial charge in [0.25, 0.3) is 0 Å². The number of carbonyl (C=O) groups excluding carboxylic acids is 1. The van der Waals surface area contributed by atoms with E-state index in [9.17, 15) is 4.79 Å². The minimum absolute atomic E-state index is 0.151. The van der Waals surface area contributed by atoms with Crippen molar-refractivity contribution in [1.29, 1.82) is 0 Å². The number of rotatable bonds is 9. The van der Waals surface area contributed by atoms with Crippen LogP contribution in [0.5, 0.6) is 11.5 Å².